The average Bonchev–Trinajstić information content (AvgIpc) is 2.26. The highest BCUT2D eigenvalue weighted by molar-refractivity contribution is 6.33. The van der Waals surface area contributed by atoms with Gasteiger partial charge in [-0.15, -0.1) is 0 Å². The van der Waals surface area contributed by atoms with Crippen molar-refractivity contribution in [3.8, 4) is 0 Å². The second kappa shape index (κ2) is 6.24. The maximum absolute atomic E-state index is 9.48. The first kappa shape index (κ1) is 14.3. The van der Waals surface area contributed by atoms with Crippen molar-refractivity contribution in [1.82, 2.24) is 0 Å². The summed E-state index contributed by atoms with van der Waals surface area (Å²) in [6, 6.07) is 5.78. The van der Waals surface area contributed by atoms with E-state index in [0.717, 1.165) is 11.3 Å². The summed E-state index contributed by atoms with van der Waals surface area (Å²) in [5, 5.41) is 19.1. The molecule has 0 aliphatic heterocycles. The highest BCUT2D eigenvalue weighted by atomic mass is 35.5. The van der Waals surface area contributed by atoms with E-state index in [1.807, 2.05) is 17.0 Å². The molecule has 0 aliphatic rings. The second-order valence-electron chi connectivity index (χ2n) is 4.40. The Kier molecular flexibility index (Phi) is 5.25. The SMILES string of the molecule is CC(O)c1ccc(N(CCO)C(C)C)c(Cl)c1. The van der Waals surface area contributed by atoms with Crippen molar-refractivity contribution in [3.05, 3.63) is 28.8 Å². The van der Waals surface area contributed by atoms with Crippen molar-refractivity contribution in [1.29, 1.82) is 0 Å². The molecule has 1 atom stereocenters. The summed E-state index contributed by atoms with van der Waals surface area (Å²) < 4.78 is 0. The lowest BCUT2D eigenvalue weighted by molar-refractivity contribution is 0.199. The summed E-state index contributed by atoms with van der Waals surface area (Å²) in [4.78, 5) is 2.04. The molecule has 0 radical (unpaired) electrons. The number of hydrogen-bond acceptors (Lipinski definition) is 3. The van der Waals surface area contributed by atoms with Crippen molar-refractivity contribution in [2.75, 3.05) is 18.1 Å². The monoisotopic (exact) mass is 257 g/mol. The number of hydrogen-bond donors (Lipinski definition) is 2. The predicted octanol–water partition coefficient (Wildman–Crippen LogP) is 2.60. The summed E-state index contributed by atoms with van der Waals surface area (Å²) >= 11 is 6.21. The molecule has 96 valence electrons. The van der Waals surface area contributed by atoms with Gasteiger partial charge in [-0.05, 0) is 38.5 Å². The number of benzene rings is 1. The smallest absolute Gasteiger partial charge is 0.0762 e. The van der Waals surface area contributed by atoms with Gasteiger partial charge >= 0.3 is 0 Å². The Labute approximate surface area is 108 Å². The van der Waals surface area contributed by atoms with Gasteiger partial charge in [0.05, 0.1) is 23.4 Å². The van der Waals surface area contributed by atoms with E-state index in [4.69, 9.17) is 16.7 Å². The van der Waals surface area contributed by atoms with Crippen LogP contribution >= 0.6 is 11.6 Å². The maximum Gasteiger partial charge on any atom is 0.0762 e. The zero-order valence-corrected chi connectivity index (χ0v) is 11.3. The van der Waals surface area contributed by atoms with Crippen LogP contribution in [0.1, 0.15) is 32.4 Å². The van der Waals surface area contributed by atoms with E-state index in [2.05, 4.69) is 13.8 Å². The van der Waals surface area contributed by atoms with E-state index in [1.165, 1.54) is 0 Å². The second-order valence-corrected chi connectivity index (χ2v) is 4.80. The van der Waals surface area contributed by atoms with E-state index >= 15 is 0 Å². The van der Waals surface area contributed by atoms with Crippen LogP contribution in [0.3, 0.4) is 0 Å². The van der Waals surface area contributed by atoms with Crippen LogP contribution in [0.15, 0.2) is 18.2 Å². The van der Waals surface area contributed by atoms with E-state index in [0.29, 0.717) is 11.6 Å². The fourth-order valence-corrected chi connectivity index (χ4v) is 2.08. The van der Waals surface area contributed by atoms with Crippen LogP contribution in [0.5, 0.6) is 0 Å². The molecule has 0 fully saturated rings. The van der Waals surface area contributed by atoms with Gasteiger partial charge in [0.25, 0.3) is 0 Å². The van der Waals surface area contributed by atoms with Gasteiger partial charge in [-0.1, -0.05) is 17.7 Å². The Morgan fingerprint density at radius 1 is 1.29 bits per heavy atom. The van der Waals surface area contributed by atoms with Crippen LogP contribution in [-0.4, -0.2) is 29.4 Å². The molecule has 1 aromatic carbocycles. The number of aliphatic hydroxyl groups is 2. The fourth-order valence-electron chi connectivity index (χ4n) is 1.78. The molecule has 0 aromatic heterocycles. The van der Waals surface area contributed by atoms with Crippen LogP contribution in [-0.2, 0) is 0 Å². The number of anilines is 1. The van der Waals surface area contributed by atoms with Crippen molar-refractivity contribution < 1.29 is 10.2 Å². The highest BCUT2D eigenvalue weighted by Crippen LogP contribution is 2.30. The average molecular weight is 258 g/mol. The van der Waals surface area contributed by atoms with Crippen LogP contribution in [0, 0.1) is 0 Å². The van der Waals surface area contributed by atoms with Crippen molar-refractivity contribution >= 4 is 17.3 Å². The molecule has 1 rings (SSSR count). The maximum atomic E-state index is 9.48. The molecule has 1 aromatic rings. The fraction of sp³-hybridized carbons (Fsp3) is 0.538. The summed E-state index contributed by atoms with van der Waals surface area (Å²) in [5.41, 5.74) is 1.69. The third-order valence-electron chi connectivity index (χ3n) is 2.73. The molecule has 0 saturated heterocycles. The van der Waals surface area contributed by atoms with Gasteiger partial charge in [0.2, 0.25) is 0 Å². The van der Waals surface area contributed by atoms with Crippen molar-refractivity contribution in [2.24, 2.45) is 0 Å². The minimum atomic E-state index is -0.521. The molecule has 1 unspecified atom stereocenters. The van der Waals surface area contributed by atoms with Gasteiger partial charge < -0.3 is 15.1 Å². The highest BCUT2D eigenvalue weighted by Gasteiger charge is 2.14. The first-order valence-electron chi connectivity index (χ1n) is 5.82. The number of halogens is 1. The van der Waals surface area contributed by atoms with Gasteiger partial charge in [0, 0.05) is 12.6 Å². The molecule has 3 nitrogen and oxygen atoms in total. The van der Waals surface area contributed by atoms with Crippen LogP contribution in [0.25, 0.3) is 0 Å². The molecule has 0 spiro atoms. The van der Waals surface area contributed by atoms with Gasteiger partial charge in [-0.25, -0.2) is 0 Å². The number of rotatable bonds is 5. The molecular formula is C13H20ClNO2. The summed E-state index contributed by atoms with van der Waals surface area (Å²) in [5.74, 6) is 0. The lowest BCUT2D eigenvalue weighted by Gasteiger charge is -2.29. The molecule has 0 amide bonds. The van der Waals surface area contributed by atoms with Crippen molar-refractivity contribution in [2.45, 2.75) is 32.9 Å². The third kappa shape index (κ3) is 3.60. The van der Waals surface area contributed by atoms with Gasteiger partial charge in [-0.3, -0.25) is 0 Å². The predicted molar refractivity (Wildman–Crippen MR) is 71.7 cm³/mol. The molecule has 0 aliphatic carbocycles. The standard InChI is InChI=1S/C13H20ClNO2/c1-9(2)15(6-7-16)13-5-4-11(10(3)17)8-12(13)14/h4-5,8-10,16-17H,6-7H2,1-3H3. The zero-order chi connectivity index (χ0) is 13.0. The first-order chi connectivity index (χ1) is 7.97. The molecule has 4 heteroatoms. The minimum absolute atomic E-state index is 0.0899. The number of aliphatic hydroxyl groups excluding tert-OH is 2. The minimum Gasteiger partial charge on any atom is -0.395 e. The van der Waals surface area contributed by atoms with Gasteiger partial charge in [-0.2, -0.15) is 0 Å². The van der Waals surface area contributed by atoms with Crippen LogP contribution in [0.4, 0.5) is 5.69 Å². The largest absolute Gasteiger partial charge is 0.395 e. The Bertz CT molecular complexity index is 366. The Morgan fingerprint density at radius 3 is 2.35 bits per heavy atom. The topological polar surface area (TPSA) is 43.7 Å². The normalized spacial score (nSPS) is 12.9. The molecule has 0 saturated carbocycles. The third-order valence-corrected chi connectivity index (χ3v) is 3.03. The Balaban J connectivity index is 3.04. The lowest BCUT2D eigenvalue weighted by atomic mass is 10.1. The Morgan fingerprint density at radius 2 is 1.94 bits per heavy atom. The molecule has 2 N–H and O–H groups in total. The van der Waals surface area contributed by atoms with Crippen molar-refractivity contribution in [3.63, 3.8) is 0 Å². The Hall–Kier alpha value is -0.770. The molecule has 0 heterocycles. The van der Waals surface area contributed by atoms with E-state index in [-0.39, 0.29) is 12.6 Å². The summed E-state index contributed by atoms with van der Waals surface area (Å²) in [6.45, 7) is 6.44. The lowest BCUT2D eigenvalue weighted by Crippen LogP contribution is -2.33. The van der Waals surface area contributed by atoms with E-state index < -0.39 is 6.10 Å². The molecule has 17 heavy (non-hydrogen) atoms. The summed E-state index contributed by atoms with van der Waals surface area (Å²) in [6.07, 6.45) is -0.521. The van der Waals surface area contributed by atoms with E-state index in [9.17, 15) is 5.11 Å². The van der Waals surface area contributed by atoms with Gasteiger partial charge in [0.1, 0.15) is 0 Å². The molecule has 0 bridgehead atoms. The quantitative estimate of drug-likeness (QED) is 0.852. The van der Waals surface area contributed by atoms with Crippen LogP contribution in [0.2, 0.25) is 5.02 Å². The van der Waals surface area contributed by atoms with Gasteiger partial charge in [0.15, 0.2) is 0 Å². The van der Waals surface area contributed by atoms with Crippen LogP contribution < -0.4 is 4.90 Å². The zero-order valence-electron chi connectivity index (χ0n) is 10.5. The number of nitrogens with zero attached hydrogens (tertiary/aromatic N) is 1. The van der Waals surface area contributed by atoms with E-state index in [1.54, 1.807) is 13.0 Å². The first-order valence-corrected chi connectivity index (χ1v) is 6.20. The summed E-state index contributed by atoms with van der Waals surface area (Å²) in [7, 11) is 0. The molecular weight excluding hydrogens is 238 g/mol.